The third-order valence-corrected chi connectivity index (χ3v) is 13.5. The smallest absolute Gasteiger partial charge is 0.410 e. The second kappa shape index (κ2) is 33.1. The van der Waals surface area contributed by atoms with Crippen molar-refractivity contribution in [3.63, 3.8) is 0 Å². The molecular formula is C64H92N4O15. The number of rotatable bonds is 30. The molecule has 0 unspecified atom stereocenters. The van der Waals surface area contributed by atoms with Crippen LogP contribution in [0.4, 0.5) is 4.79 Å². The van der Waals surface area contributed by atoms with E-state index in [-0.39, 0.29) is 68.8 Å². The van der Waals surface area contributed by atoms with Crippen LogP contribution in [0.5, 0.6) is 0 Å². The van der Waals surface area contributed by atoms with E-state index in [0.29, 0.717) is 11.1 Å². The lowest BCUT2D eigenvalue weighted by molar-refractivity contribution is -0.175. The van der Waals surface area contributed by atoms with Crippen molar-refractivity contribution in [2.24, 2.45) is 23.7 Å². The first kappa shape index (κ1) is 70.0. The van der Waals surface area contributed by atoms with Crippen molar-refractivity contribution in [3.05, 3.63) is 108 Å². The van der Waals surface area contributed by atoms with Gasteiger partial charge in [-0.25, -0.2) is 28.8 Å². The maximum absolute atomic E-state index is 14.7. The highest BCUT2D eigenvalue weighted by atomic mass is 16.6. The van der Waals surface area contributed by atoms with E-state index in [1.807, 2.05) is 61.5 Å². The summed E-state index contributed by atoms with van der Waals surface area (Å²) in [6.07, 6.45) is -6.31. The zero-order valence-corrected chi connectivity index (χ0v) is 52.0. The molecule has 0 heterocycles. The van der Waals surface area contributed by atoms with Gasteiger partial charge in [0, 0.05) is 41.0 Å². The van der Waals surface area contributed by atoms with Gasteiger partial charge in [-0.3, -0.25) is 19.3 Å². The molecule has 19 nitrogen and oxygen atoms in total. The first-order valence-corrected chi connectivity index (χ1v) is 28.7. The average molecular weight is 1160 g/mol. The van der Waals surface area contributed by atoms with E-state index < -0.39 is 108 Å². The van der Waals surface area contributed by atoms with Crippen molar-refractivity contribution in [2.75, 3.05) is 28.2 Å². The lowest BCUT2D eigenvalue weighted by Crippen LogP contribution is -2.54. The Labute approximate surface area is 492 Å². The molecule has 458 valence electrons. The predicted molar refractivity (Wildman–Crippen MR) is 313 cm³/mol. The van der Waals surface area contributed by atoms with Crippen molar-refractivity contribution >= 4 is 53.7 Å². The SMILES string of the molecule is CC(C)C[C@@H](C(=O)O[C@H](Cc1ccccc1)C(=O)N(C)[C@@H](CC(C)C)C(=O)O[C@H](C)C(=O)N(C)[C@@H](CC(C)C)C(=O)O[C@H](Cc1ccccc1)C(=O)N(C)[C@@H](CC(C)C)C(=O)O[C@H](C)C(=O)OCc1ccccc1)N(C)C(=O)OC(C)(C)C. The van der Waals surface area contributed by atoms with Gasteiger partial charge in [-0.1, -0.05) is 146 Å². The summed E-state index contributed by atoms with van der Waals surface area (Å²) in [6.45, 7) is 22.6. The zero-order valence-electron chi connectivity index (χ0n) is 52.0. The van der Waals surface area contributed by atoms with Crippen molar-refractivity contribution < 1.29 is 71.6 Å². The molecule has 0 bridgehead atoms. The first-order valence-electron chi connectivity index (χ1n) is 28.7. The minimum atomic E-state index is -1.51. The number of carbonyl (C=O) groups is 9. The van der Waals surface area contributed by atoms with Crippen LogP contribution in [-0.2, 0) is 86.2 Å². The molecule has 0 spiro atoms. The molecule has 0 aliphatic carbocycles. The molecule has 0 aliphatic rings. The van der Waals surface area contributed by atoms with E-state index in [1.165, 1.54) is 42.0 Å². The number of carbonyl (C=O) groups excluding carboxylic acids is 9. The lowest BCUT2D eigenvalue weighted by atomic mass is 10.00. The fourth-order valence-electron chi connectivity index (χ4n) is 9.00. The van der Waals surface area contributed by atoms with Gasteiger partial charge in [0.25, 0.3) is 17.7 Å². The summed E-state index contributed by atoms with van der Waals surface area (Å²) in [5.74, 6) is -7.28. The van der Waals surface area contributed by atoms with Crippen LogP contribution in [0.1, 0.15) is 132 Å². The molecule has 0 aromatic heterocycles. The summed E-state index contributed by atoms with van der Waals surface area (Å²) >= 11 is 0. The number of esters is 5. The molecule has 0 fully saturated rings. The summed E-state index contributed by atoms with van der Waals surface area (Å²) in [6, 6.07) is 21.7. The molecule has 19 heteroatoms. The first-order chi connectivity index (χ1) is 38.8. The summed E-state index contributed by atoms with van der Waals surface area (Å²) in [5, 5.41) is 0. The summed E-state index contributed by atoms with van der Waals surface area (Å²) in [4.78, 5) is 132. The van der Waals surface area contributed by atoms with Crippen molar-refractivity contribution in [1.82, 2.24) is 19.6 Å². The van der Waals surface area contributed by atoms with Crippen molar-refractivity contribution in [1.29, 1.82) is 0 Å². The Morgan fingerprint density at radius 2 is 0.687 bits per heavy atom. The quantitative estimate of drug-likeness (QED) is 0.0449. The van der Waals surface area contributed by atoms with Gasteiger partial charge in [-0.2, -0.15) is 0 Å². The van der Waals surface area contributed by atoms with Gasteiger partial charge >= 0.3 is 35.9 Å². The van der Waals surface area contributed by atoms with E-state index in [2.05, 4.69) is 0 Å². The zero-order chi connectivity index (χ0) is 62.5. The average Bonchev–Trinajstić information content (AvgIpc) is 3.64. The molecule has 0 radical (unpaired) electrons. The van der Waals surface area contributed by atoms with Gasteiger partial charge in [0.15, 0.2) is 24.4 Å². The normalized spacial score (nSPS) is 14.4. The molecule has 4 amide bonds. The number of ether oxygens (including phenoxy) is 6. The van der Waals surface area contributed by atoms with E-state index in [9.17, 15) is 43.2 Å². The highest BCUT2D eigenvalue weighted by Crippen LogP contribution is 2.24. The molecule has 0 saturated carbocycles. The molecule has 0 N–H and O–H groups in total. The Hall–Kier alpha value is -7.31. The minimum absolute atomic E-state index is 0.0408. The summed E-state index contributed by atoms with van der Waals surface area (Å²) in [7, 11) is 5.57. The third kappa shape index (κ3) is 23.1. The number of nitrogens with zero attached hydrogens (tertiary/aromatic N) is 4. The number of likely N-dealkylation sites (N-methyl/N-ethyl adjacent to an activating group) is 4. The summed E-state index contributed by atoms with van der Waals surface area (Å²) in [5.41, 5.74) is 1.15. The second-order valence-corrected chi connectivity index (χ2v) is 24.0. The van der Waals surface area contributed by atoms with E-state index in [1.54, 1.807) is 106 Å². The van der Waals surface area contributed by atoms with Crippen LogP contribution in [-0.4, -0.2) is 156 Å². The molecule has 0 saturated heterocycles. The Balaban J connectivity index is 1.92. The second-order valence-electron chi connectivity index (χ2n) is 24.0. The Morgan fingerprint density at radius 1 is 0.386 bits per heavy atom. The molecule has 8 atom stereocenters. The van der Waals surface area contributed by atoms with Gasteiger partial charge in [-0.15, -0.1) is 0 Å². The molecule has 0 aliphatic heterocycles. The maximum atomic E-state index is 14.7. The van der Waals surface area contributed by atoms with Gasteiger partial charge in [-0.05, 0) is 101 Å². The van der Waals surface area contributed by atoms with Crippen LogP contribution in [0.2, 0.25) is 0 Å². The minimum Gasteiger partial charge on any atom is -0.458 e. The third-order valence-electron chi connectivity index (χ3n) is 13.5. The van der Waals surface area contributed by atoms with Crippen LogP contribution in [0.15, 0.2) is 91.0 Å². The van der Waals surface area contributed by atoms with Crippen LogP contribution < -0.4 is 0 Å². The molecule has 83 heavy (non-hydrogen) atoms. The fraction of sp³-hybridized carbons (Fsp3) is 0.578. The number of amides is 4. The number of benzene rings is 3. The van der Waals surface area contributed by atoms with Crippen molar-refractivity contribution in [3.8, 4) is 0 Å². The highest BCUT2D eigenvalue weighted by Gasteiger charge is 2.42. The van der Waals surface area contributed by atoms with Crippen LogP contribution in [0, 0.1) is 23.7 Å². The molecule has 3 rings (SSSR count). The maximum Gasteiger partial charge on any atom is 0.410 e. The number of hydrogen-bond acceptors (Lipinski definition) is 15. The molecule has 3 aromatic carbocycles. The van der Waals surface area contributed by atoms with Gasteiger partial charge < -0.3 is 43.1 Å². The van der Waals surface area contributed by atoms with Crippen molar-refractivity contribution in [2.45, 2.75) is 189 Å². The monoisotopic (exact) mass is 1160 g/mol. The van der Waals surface area contributed by atoms with Crippen LogP contribution in [0.25, 0.3) is 0 Å². The molecular weight excluding hydrogens is 1060 g/mol. The van der Waals surface area contributed by atoms with Gasteiger partial charge in [0.05, 0.1) is 0 Å². The van der Waals surface area contributed by atoms with E-state index in [0.717, 1.165) is 25.2 Å². The number of hydrogen-bond donors (Lipinski definition) is 0. The van der Waals surface area contributed by atoms with Gasteiger partial charge in [0.2, 0.25) is 0 Å². The summed E-state index contributed by atoms with van der Waals surface area (Å²) < 4.78 is 34.6. The fourth-order valence-corrected chi connectivity index (χ4v) is 9.00. The largest absolute Gasteiger partial charge is 0.458 e. The standard InChI is InChI=1S/C64H92N4O15/c1-40(2)33-49(66(15)57(71)54(38-47-29-23-19-24-30-47)82-62(76)52(36-43(7)8)68(17)63(77)83-64(11,12)13)59(73)79-44(9)55(69)65(14)51(35-42(5)6)61(75)81-53(37-46-27-21-18-22-28-46)56(70)67(16)50(34-41(3)4)60(74)80-45(10)58(72)78-39-48-31-25-20-26-32-48/h18-32,40-45,49-54H,33-39H2,1-17H3/t44-,45-,49+,50+,51+,52+,53-,54-/m1/s1. The Morgan fingerprint density at radius 3 is 1.02 bits per heavy atom. The Bertz CT molecular complexity index is 2590. The highest BCUT2D eigenvalue weighted by molar-refractivity contribution is 5.93. The lowest BCUT2D eigenvalue weighted by Gasteiger charge is -2.34. The van der Waals surface area contributed by atoms with Crippen LogP contribution >= 0.6 is 0 Å². The van der Waals surface area contributed by atoms with Crippen LogP contribution in [0.3, 0.4) is 0 Å². The molecule has 3 aromatic rings. The predicted octanol–water partition coefficient (Wildman–Crippen LogP) is 8.80. The van der Waals surface area contributed by atoms with E-state index in [4.69, 9.17) is 28.4 Å². The van der Waals surface area contributed by atoms with Gasteiger partial charge in [0.1, 0.15) is 36.4 Å². The topological polar surface area (TPSA) is 222 Å². The van der Waals surface area contributed by atoms with E-state index >= 15 is 0 Å². The Kier molecular flexibility index (Phi) is 27.9.